The van der Waals surface area contributed by atoms with E-state index in [0.717, 1.165) is 36.6 Å². The van der Waals surface area contributed by atoms with Gasteiger partial charge in [0.15, 0.2) is 0 Å². The fourth-order valence-corrected chi connectivity index (χ4v) is 4.77. The monoisotopic (exact) mass is 416 g/mol. The van der Waals surface area contributed by atoms with Crippen LogP contribution >= 0.6 is 0 Å². The molecule has 0 bridgehead atoms. The molecule has 0 unspecified atom stereocenters. The number of hydrogen-bond donors (Lipinski definition) is 1. The Morgan fingerprint density at radius 3 is 2.68 bits per heavy atom. The van der Waals surface area contributed by atoms with Crippen LogP contribution in [0.15, 0.2) is 67.0 Å². The zero-order valence-corrected chi connectivity index (χ0v) is 17.6. The third-order valence-corrected chi connectivity index (χ3v) is 6.27. The number of carbonyl (C=O) groups is 1. The average molecular weight is 417 g/mol. The predicted molar refractivity (Wildman–Crippen MR) is 120 cm³/mol. The van der Waals surface area contributed by atoms with Crippen molar-refractivity contribution in [3.05, 3.63) is 78.1 Å². The number of morpholine rings is 1. The van der Waals surface area contributed by atoms with Crippen molar-refractivity contribution >= 4 is 5.91 Å². The maximum atomic E-state index is 13.7. The minimum absolute atomic E-state index is 0.0357. The summed E-state index contributed by atoms with van der Waals surface area (Å²) >= 11 is 0. The summed E-state index contributed by atoms with van der Waals surface area (Å²) in [5.41, 5.74) is 2.72. The molecule has 2 saturated heterocycles. The van der Waals surface area contributed by atoms with Gasteiger partial charge < -0.3 is 19.5 Å². The highest BCUT2D eigenvalue weighted by atomic mass is 16.5. The van der Waals surface area contributed by atoms with Crippen LogP contribution in [0.3, 0.4) is 0 Å². The summed E-state index contributed by atoms with van der Waals surface area (Å²) in [6.45, 7) is 4.22. The summed E-state index contributed by atoms with van der Waals surface area (Å²) < 4.78 is 6.26. The molecule has 2 aromatic carbocycles. The molecule has 2 aliphatic rings. The molecule has 3 aromatic rings. The molecule has 5 rings (SSSR count). The number of ether oxygens (including phenoxy) is 1. The number of benzene rings is 2. The standard InChI is InChI=1S/C25H28N4O2/c30-25(21-10-6-9-20(17-21)24-26-11-12-27-24)29-15-16-31-22(18-28-13-4-5-14-28)23(29)19-7-2-1-3-8-19/h1-3,6-12,17,22-23H,4-5,13-16,18H2,(H,26,27)/t22-,23-/m0/s1. The van der Waals surface area contributed by atoms with Crippen molar-refractivity contribution in [2.24, 2.45) is 0 Å². The van der Waals surface area contributed by atoms with E-state index in [1.54, 1.807) is 12.4 Å². The van der Waals surface area contributed by atoms with Crippen LogP contribution in [-0.2, 0) is 4.74 Å². The molecule has 0 radical (unpaired) electrons. The van der Waals surface area contributed by atoms with Gasteiger partial charge in [-0.15, -0.1) is 0 Å². The summed E-state index contributed by atoms with van der Waals surface area (Å²) in [6.07, 6.45) is 5.96. The van der Waals surface area contributed by atoms with Gasteiger partial charge in [0.25, 0.3) is 5.91 Å². The molecule has 2 fully saturated rings. The van der Waals surface area contributed by atoms with Crippen molar-refractivity contribution in [3.63, 3.8) is 0 Å². The molecule has 2 aliphatic heterocycles. The number of likely N-dealkylation sites (tertiary alicyclic amines) is 1. The second kappa shape index (κ2) is 9.04. The molecule has 1 N–H and O–H groups in total. The first-order chi connectivity index (χ1) is 15.3. The van der Waals surface area contributed by atoms with E-state index in [-0.39, 0.29) is 18.1 Å². The third kappa shape index (κ3) is 4.27. The topological polar surface area (TPSA) is 61.5 Å². The van der Waals surface area contributed by atoms with Gasteiger partial charge in [-0.25, -0.2) is 4.98 Å². The third-order valence-electron chi connectivity index (χ3n) is 6.27. The second-order valence-electron chi connectivity index (χ2n) is 8.29. The summed E-state index contributed by atoms with van der Waals surface area (Å²) in [7, 11) is 0. The van der Waals surface area contributed by atoms with E-state index in [1.165, 1.54) is 12.8 Å². The van der Waals surface area contributed by atoms with Crippen molar-refractivity contribution in [1.29, 1.82) is 0 Å². The minimum atomic E-state index is -0.102. The number of H-pyrrole nitrogens is 1. The van der Waals surface area contributed by atoms with E-state index in [1.807, 2.05) is 47.4 Å². The number of hydrogen-bond acceptors (Lipinski definition) is 4. The van der Waals surface area contributed by atoms with Crippen LogP contribution in [-0.4, -0.2) is 64.6 Å². The van der Waals surface area contributed by atoms with Crippen LogP contribution in [0.25, 0.3) is 11.4 Å². The van der Waals surface area contributed by atoms with E-state index in [2.05, 4.69) is 27.0 Å². The molecular formula is C25H28N4O2. The fraction of sp³-hybridized carbons (Fsp3) is 0.360. The quantitative estimate of drug-likeness (QED) is 0.688. The Morgan fingerprint density at radius 1 is 1.06 bits per heavy atom. The highest BCUT2D eigenvalue weighted by Crippen LogP contribution is 2.32. The Labute approximate surface area is 182 Å². The van der Waals surface area contributed by atoms with Crippen LogP contribution < -0.4 is 0 Å². The number of carbonyl (C=O) groups excluding carboxylic acids is 1. The zero-order valence-electron chi connectivity index (χ0n) is 17.6. The fourth-order valence-electron chi connectivity index (χ4n) is 4.77. The van der Waals surface area contributed by atoms with Gasteiger partial charge in [0.2, 0.25) is 0 Å². The van der Waals surface area contributed by atoms with Crippen LogP contribution in [0.2, 0.25) is 0 Å². The molecule has 160 valence electrons. The van der Waals surface area contributed by atoms with E-state index >= 15 is 0 Å². The summed E-state index contributed by atoms with van der Waals surface area (Å²) in [5, 5.41) is 0. The largest absolute Gasteiger partial charge is 0.373 e. The molecule has 2 atom stereocenters. The van der Waals surface area contributed by atoms with Crippen molar-refractivity contribution in [1.82, 2.24) is 19.8 Å². The molecule has 3 heterocycles. The summed E-state index contributed by atoms with van der Waals surface area (Å²) in [6, 6.07) is 17.9. The number of nitrogens with zero attached hydrogens (tertiary/aromatic N) is 3. The normalized spacial score (nSPS) is 22.0. The van der Waals surface area contributed by atoms with Crippen LogP contribution in [0.5, 0.6) is 0 Å². The van der Waals surface area contributed by atoms with Crippen molar-refractivity contribution in [2.45, 2.75) is 25.0 Å². The smallest absolute Gasteiger partial charge is 0.254 e. The van der Waals surface area contributed by atoms with Gasteiger partial charge in [-0.3, -0.25) is 4.79 Å². The lowest BCUT2D eigenvalue weighted by Crippen LogP contribution is -2.51. The average Bonchev–Trinajstić information content (AvgIpc) is 3.54. The van der Waals surface area contributed by atoms with E-state index in [0.29, 0.717) is 18.7 Å². The number of aromatic nitrogens is 2. The molecule has 0 spiro atoms. The number of nitrogens with one attached hydrogen (secondary N) is 1. The van der Waals surface area contributed by atoms with Gasteiger partial charge in [-0.1, -0.05) is 42.5 Å². The SMILES string of the molecule is O=C(c1cccc(-c2ncc[nH]2)c1)N1CCO[C@@H](CN2CCCC2)[C@@H]1c1ccccc1. The molecule has 1 aromatic heterocycles. The summed E-state index contributed by atoms with van der Waals surface area (Å²) in [5.74, 6) is 0.806. The number of aromatic amines is 1. The molecular weight excluding hydrogens is 388 g/mol. The second-order valence-corrected chi connectivity index (χ2v) is 8.29. The molecule has 0 saturated carbocycles. The molecule has 1 amide bonds. The van der Waals surface area contributed by atoms with Gasteiger partial charge >= 0.3 is 0 Å². The predicted octanol–water partition coefficient (Wildman–Crippen LogP) is 3.75. The first kappa shape index (κ1) is 20.0. The number of amides is 1. The van der Waals surface area contributed by atoms with Gasteiger partial charge in [0, 0.05) is 36.6 Å². The Morgan fingerprint density at radius 2 is 1.90 bits per heavy atom. The molecule has 6 nitrogen and oxygen atoms in total. The Kier molecular flexibility index (Phi) is 5.82. The van der Waals surface area contributed by atoms with Crippen molar-refractivity contribution in [3.8, 4) is 11.4 Å². The summed E-state index contributed by atoms with van der Waals surface area (Å²) in [4.78, 5) is 25.6. The highest BCUT2D eigenvalue weighted by Gasteiger charge is 2.38. The molecule has 0 aliphatic carbocycles. The Hall–Kier alpha value is -2.96. The van der Waals surface area contributed by atoms with E-state index in [4.69, 9.17) is 4.74 Å². The van der Waals surface area contributed by atoms with Crippen molar-refractivity contribution < 1.29 is 9.53 Å². The Balaban J connectivity index is 1.45. The van der Waals surface area contributed by atoms with Gasteiger partial charge in [0.05, 0.1) is 18.8 Å². The highest BCUT2D eigenvalue weighted by molar-refractivity contribution is 5.95. The number of imidazole rings is 1. The van der Waals surface area contributed by atoms with Crippen LogP contribution in [0.4, 0.5) is 0 Å². The van der Waals surface area contributed by atoms with Crippen LogP contribution in [0.1, 0.15) is 34.8 Å². The maximum Gasteiger partial charge on any atom is 0.254 e. The zero-order chi connectivity index (χ0) is 21.0. The van der Waals surface area contributed by atoms with Gasteiger partial charge in [0.1, 0.15) is 5.82 Å². The first-order valence-corrected chi connectivity index (χ1v) is 11.1. The van der Waals surface area contributed by atoms with E-state index in [9.17, 15) is 4.79 Å². The van der Waals surface area contributed by atoms with E-state index < -0.39 is 0 Å². The van der Waals surface area contributed by atoms with Gasteiger partial charge in [-0.05, 0) is 43.6 Å². The van der Waals surface area contributed by atoms with Crippen molar-refractivity contribution in [2.75, 3.05) is 32.8 Å². The lowest BCUT2D eigenvalue weighted by Gasteiger charge is -2.43. The maximum absolute atomic E-state index is 13.7. The van der Waals surface area contributed by atoms with Gasteiger partial charge in [-0.2, -0.15) is 0 Å². The van der Waals surface area contributed by atoms with Crippen LogP contribution in [0, 0.1) is 0 Å². The Bertz CT molecular complexity index is 999. The number of rotatable bonds is 5. The molecule has 31 heavy (non-hydrogen) atoms. The molecule has 6 heteroatoms. The minimum Gasteiger partial charge on any atom is -0.373 e. The first-order valence-electron chi connectivity index (χ1n) is 11.1. The lowest BCUT2D eigenvalue weighted by atomic mass is 9.96. The lowest BCUT2D eigenvalue weighted by molar-refractivity contribution is -0.0707.